The zero-order valence-corrected chi connectivity index (χ0v) is 9.56. The molecule has 0 bridgehead atoms. The third-order valence-corrected chi connectivity index (χ3v) is 2.80. The highest BCUT2D eigenvalue weighted by Gasteiger charge is 2.06. The van der Waals surface area contributed by atoms with Crippen molar-refractivity contribution in [2.24, 2.45) is 5.73 Å². The van der Waals surface area contributed by atoms with Gasteiger partial charge in [-0.25, -0.2) is 0 Å². The van der Waals surface area contributed by atoms with Gasteiger partial charge in [-0.2, -0.15) is 0 Å². The second-order valence-corrected chi connectivity index (χ2v) is 3.84. The van der Waals surface area contributed by atoms with E-state index in [1.807, 2.05) is 12.1 Å². The van der Waals surface area contributed by atoms with Crippen LogP contribution < -0.4 is 10.5 Å². The molecule has 78 valence electrons. The fourth-order valence-corrected chi connectivity index (χ4v) is 1.93. The first kappa shape index (κ1) is 11.4. The molecule has 0 fully saturated rings. The summed E-state index contributed by atoms with van der Waals surface area (Å²) in [6.45, 7) is 3.39. The van der Waals surface area contributed by atoms with E-state index in [9.17, 15) is 0 Å². The van der Waals surface area contributed by atoms with E-state index >= 15 is 0 Å². The van der Waals surface area contributed by atoms with E-state index in [1.165, 1.54) is 4.90 Å². The molecule has 0 spiro atoms. The normalized spacial score (nSPS) is 10.2. The minimum Gasteiger partial charge on any atom is -0.493 e. The van der Waals surface area contributed by atoms with Gasteiger partial charge in [-0.1, -0.05) is 13.0 Å². The average Bonchev–Trinajstić information content (AvgIpc) is 2.25. The van der Waals surface area contributed by atoms with Gasteiger partial charge in [0.05, 0.1) is 6.61 Å². The van der Waals surface area contributed by atoms with Crippen molar-refractivity contribution >= 4 is 11.8 Å². The highest BCUT2D eigenvalue weighted by atomic mass is 32.2. The van der Waals surface area contributed by atoms with E-state index in [4.69, 9.17) is 10.5 Å². The summed E-state index contributed by atoms with van der Waals surface area (Å²) in [7, 11) is 0. The fourth-order valence-electron chi connectivity index (χ4n) is 1.29. The maximum absolute atomic E-state index is 5.71. The van der Waals surface area contributed by atoms with Crippen LogP contribution in [0.1, 0.15) is 18.9 Å². The van der Waals surface area contributed by atoms with E-state index < -0.39 is 0 Å². The number of thioether (sulfide) groups is 1. The third-order valence-electron chi connectivity index (χ3n) is 1.98. The molecule has 3 heteroatoms. The van der Waals surface area contributed by atoms with Crippen LogP contribution in [0.25, 0.3) is 0 Å². The van der Waals surface area contributed by atoms with Crippen LogP contribution in [0, 0.1) is 0 Å². The lowest BCUT2D eigenvalue weighted by Gasteiger charge is -2.12. The van der Waals surface area contributed by atoms with Gasteiger partial charge in [0.2, 0.25) is 0 Å². The Hall–Kier alpha value is -0.670. The predicted octanol–water partition coefficient (Wildman–Crippen LogP) is 2.66. The summed E-state index contributed by atoms with van der Waals surface area (Å²) in [5.41, 5.74) is 6.82. The Balaban J connectivity index is 2.90. The molecule has 2 N–H and O–H groups in total. The molecule has 14 heavy (non-hydrogen) atoms. The molecule has 2 nitrogen and oxygen atoms in total. The molecule has 0 atom stereocenters. The summed E-state index contributed by atoms with van der Waals surface area (Å²) in [5.74, 6) is 0.932. The van der Waals surface area contributed by atoms with Crippen LogP contribution in [0.4, 0.5) is 0 Å². The molecular weight excluding hydrogens is 194 g/mol. The zero-order chi connectivity index (χ0) is 10.4. The summed E-state index contributed by atoms with van der Waals surface area (Å²) in [4.78, 5) is 1.21. The molecule has 1 rings (SSSR count). The highest BCUT2D eigenvalue weighted by molar-refractivity contribution is 7.98. The summed E-state index contributed by atoms with van der Waals surface area (Å²) < 4.78 is 5.63. The number of rotatable bonds is 5. The molecule has 0 saturated heterocycles. The van der Waals surface area contributed by atoms with Crippen LogP contribution in [-0.2, 0) is 6.54 Å². The Bertz CT molecular complexity index is 289. The molecular formula is C11H17NOS. The van der Waals surface area contributed by atoms with Gasteiger partial charge in [0.15, 0.2) is 0 Å². The van der Waals surface area contributed by atoms with E-state index in [1.54, 1.807) is 11.8 Å². The molecule has 1 aromatic carbocycles. The van der Waals surface area contributed by atoms with E-state index in [2.05, 4.69) is 19.2 Å². The summed E-state index contributed by atoms with van der Waals surface area (Å²) in [6.07, 6.45) is 3.08. The van der Waals surface area contributed by atoms with Crippen molar-refractivity contribution < 1.29 is 4.74 Å². The van der Waals surface area contributed by atoms with Crippen molar-refractivity contribution in [1.29, 1.82) is 0 Å². The van der Waals surface area contributed by atoms with Gasteiger partial charge in [-0.3, -0.25) is 0 Å². The number of benzene rings is 1. The first-order valence-corrected chi connectivity index (χ1v) is 6.04. The second-order valence-electron chi connectivity index (χ2n) is 2.99. The molecule has 0 heterocycles. The Labute approximate surface area is 89.8 Å². The molecule has 0 unspecified atom stereocenters. The maximum atomic E-state index is 5.71. The van der Waals surface area contributed by atoms with Gasteiger partial charge >= 0.3 is 0 Å². The minimum absolute atomic E-state index is 0.538. The Kier molecular flexibility index (Phi) is 4.84. The van der Waals surface area contributed by atoms with Crippen LogP contribution in [0.5, 0.6) is 5.75 Å². The van der Waals surface area contributed by atoms with Gasteiger partial charge in [0.1, 0.15) is 5.75 Å². The topological polar surface area (TPSA) is 35.2 Å². The van der Waals surface area contributed by atoms with Crippen molar-refractivity contribution in [2.45, 2.75) is 24.8 Å². The summed E-state index contributed by atoms with van der Waals surface area (Å²) >= 11 is 1.71. The Morgan fingerprint density at radius 3 is 2.79 bits per heavy atom. The summed E-state index contributed by atoms with van der Waals surface area (Å²) in [6, 6.07) is 6.07. The first-order chi connectivity index (χ1) is 6.83. The van der Waals surface area contributed by atoms with Gasteiger partial charge in [0.25, 0.3) is 0 Å². The molecule has 0 saturated carbocycles. The third kappa shape index (κ3) is 2.66. The SMILES string of the molecule is CCCOc1cccc(SC)c1CN. The molecule has 0 amide bonds. The number of ether oxygens (including phenoxy) is 1. The number of hydrogen-bond acceptors (Lipinski definition) is 3. The average molecular weight is 211 g/mol. The van der Waals surface area contributed by atoms with Gasteiger partial charge in [-0.05, 0) is 24.8 Å². The number of hydrogen-bond donors (Lipinski definition) is 1. The number of nitrogens with two attached hydrogens (primary N) is 1. The van der Waals surface area contributed by atoms with Crippen LogP contribution in [0.3, 0.4) is 0 Å². The van der Waals surface area contributed by atoms with Crippen LogP contribution in [-0.4, -0.2) is 12.9 Å². The molecule has 0 aliphatic carbocycles. The monoisotopic (exact) mass is 211 g/mol. The molecule has 0 aliphatic rings. The standard InChI is InChI=1S/C11H17NOS/c1-3-7-13-10-5-4-6-11(14-2)9(10)8-12/h4-6H,3,7-8,12H2,1-2H3. The fraction of sp³-hybridized carbons (Fsp3) is 0.455. The molecule has 1 aromatic rings. The van der Waals surface area contributed by atoms with Crippen LogP contribution in [0.2, 0.25) is 0 Å². The lowest BCUT2D eigenvalue weighted by molar-refractivity contribution is 0.313. The van der Waals surface area contributed by atoms with E-state index in [0.29, 0.717) is 6.54 Å². The van der Waals surface area contributed by atoms with Crippen LogP contribution >= 0.6 is 11.8 Å². The van der Waals surface area contributed by atoms with Crippen molar-refractivity contribution in [3.8, 4) is 5.75 Å². The quantitative estimate of drug-likeness (QED) is 0.760. The van der Waals surface area contributed by atoms with Crippen molar-refractivity contribution in [3.05, 3.63) is 23.8 Å². The lowest BCUT2D eigenvalue weighted by atomic mass is 10.2. The second kappa shape index (κ2) is 5.94. The summed E-state index contributed by atoms with van der Waals surface area (Å²) in [5, 5.41) is 0. The van der Waals surface area contributed by atoms with E-state index in [0.717, 1.165) is 24.3 Å². The van der Waals surface area contributed by atoms with Crippen molar-refractivity contribution in [1.82, 2.24) is 0 Å². The Morgan fingerprint density at radius 1 is 1.43 bits per heavy atom. The zero-order valence-electron chi connectivity index (χ0n) is 8.75. The maximum Gasteiger partial charge on any atom is 0.124 e. The van der Waals surface area contributed by atoms with Gasteiger partial charge in [0, 0.05) is 17.0 Å². The molecule has 0 aromatic heterocycles. The minimum atomic E-state index is 0.538. The largest absolute Gasteiger partial charge is 0.493 e. The van der Waals surface area contributed by atoms with Crippen LogP contribution in [0.15, 0.2) is 23.1 Å². The smallest absolute Gasteiger partial charge is 0.124 e. The van der Waals surface area contributed by atoms with Crippen molar-refractivity contribution in [2.75, 3.05) is 12.9 Å². The van der Waals surface area contributed by atoms with E-state index in [-0.39, 0.29) is 0 Å². The molecule has 0 radical (unpaired) electrons. The lowest BCUT2D eigenvalue weighted by Crippen LogP contribution is -2.04. The Morgan fingerprint density at radius 2 is 2.21 bits per heavy atom. The van der Waals surface area contributed by atoms with Gasteiger partial charge in [-0.15, -0.1) is 11.8 Å². The molecule has 0 aliphatic heterocycles. The van der Waals surface area contributed by atoms with Crippen molar-refractivity contribution in [3.63, 3.8) is 0 Å². The first-order valence-electron chi connectivity index (χ1n) is 4.82. The predicted molar refractivity (Wildman–Crippen MR) is 61.9 cm³/mol. The van der Waals surface area contributed by atoms with Gasteiger partial charge < -0.3 is 10.5 Å². The highest BCUT2D eigenvalue weighted by Crippen LogP contribution is 2.28.